The molecule has 0 aromatic heterocycles. The van der Waals surface area contributed by atoms with E-state index in [0.717, 1.165) is 9.37 Å². The van der Waals surface area contributed by atoms with Crippen LogP contribution < -0.4 is 4.90 Å². The minimum atomic E-state index is -4.93. The molecule has 1 aliphatic heterocycles. The summed E-state index contributed by atoms with van der Waals surface area (Å²) in [6.45, 7) is 0. The van der Waals surface area contributed by atoms with Gasteiger partial charge >= 0.3 is 6.18 Å². The fraction of sp³-hybridized carbons (Fsp3) is 0.231. The third-order valence-electron chi connectivity index (χ3n) is 2.79. The number of alkyl halides is 3. The van der Waals surface area contributed by atoms with Gasteiger partial charge in [-0.1, -0.05) is 15.9 Å². The van der Waals surface area contributed by atoms with Gasteiger partial charge in [-0.05, 0) is 30.7 Å². The fourth-order valence-corrected chi connectivity index (χ4v) is 2.15. The minimum Gasteiger partial charge on any atom is -0.285 e. The molecule has 0 radical (unpaired) electrons. The molecule has 1 heterocycles. The van der Waals surface area contributed by atoms with Crippen LogP contribution in [-0.2, 0) is 9.59 Å². The predicted octanol–water partition coefficient (Wildman–Crippen LogP) is 3.59. The topological polar surface area (TPSA) is 37.4 Å². The monoisotopic (exact) mass is 347 g/mol. The molecule has 2 rings (SSSR count). The van der Waals surface area contributed by atoms with Gasteiger partial charge in [0.25, 0.3) is 5.78 Å². The van der Waals surface area contributed by atoms with E-state index in [0.29, 0.717) is 11.8 Å². The number of hydrogen-bond acceptors (Lipinski definition) is 2. The third kappa shape index (κ3) is 3.09. The number of carbonyl (C=O) groups is 2. The molecule has 20 heavy (non-hydrogen) atoms. The highest BCUT2D eigenvalue weighted by Crippen LogP contribution is 2.31. The standard InChI is InChI=1S/C13H9BrF3NO2/c14-8-1-3-9(4-2-8)18-10(5-6-12(18)20)7-11(19)13(15,16)17/h1-4,7H,5-6H2/b10-7+. The van der Waals surface area contributed by atoms with Gasteiger partial charge in [-0.15, -0.1) is 0 Å². The molecule has 1 aromatic rings. The van der Waals surface area contributed by atoms with E-state index >= 15 is 0 Å². The first kappa shape index (κ1) is 14.8. The Hall–Kier alpha value is -1.63. The Morgan fingerprint density at radius 3 is 2.35 bits per heavy atom. The average Bonchev–Trinajstić information content (AvgIpc) is 2.71. The molecule has 0 N–H and O–H groups in total. The number of anilines is 1. The van der Waals surface area contributed by atoms with E-state index in [-0.39, 0.29) is 24.4 Å². The van der Waals surface area contributed by atoms with Crippen LogP contribution in [0.1, 0.15) is 12.8 Å². The maximum atomic E-state index is 12.3. The zero-order chi connectivity index (χ0) is 14.9. The molecule has 106 valence electrons. The van der Waals surface area contributed by atoms with E-state index in [1.807, 2.05) is 0 Å². The third-order valence-corrected chi connectivity index (χ3v) is 3.32. The second kappa shape index (κ2) is 5.40. The Morgan fingerprint density at radius 1 is 1.20 bits per heavy atom. The number of allylic oxidation sites excluding steroid dienone is 2. The number of carbonyl (C=O) groups excluding carboxylic acids is 2. The molecular formula is C13H9BrF3NO2. The molecule has 1 amide bonds. The van der Waals surface area contributed by atoms with E-state index in [9.17, 15) is 22.8 Å². The average molecular weight is 348 g/mol. The molecule has 0 atom stereocenters. The van der Waals surface area contributed by atoms with E-state index in [2.05, 4.69) is 15.9 Å². The van der Waals surface area contributed by atoms with Gasteiger partial charge in [0.15, 0.2) is 0 Å². The van der Waals surface area contributed by atoms with Gasteiger partial charge in [0.1, 0.15) is 0 Å². The van der Waals surface area contributed by atoms with Gasteiger partial charge in [0.05, 0.1) is 0 Å². The van der Waals surface area contributed by atoms with E-state index < -0.39 is 12.0 Å². The van der Waals surface area contributed by atoms with Crippen LogP contribution in [0, 0.1) is 0 Å². The number of halogens is 4. The normalized spacial score (nSPS) is 17.9. The molecule has 1 aromatic carbocycles. The van der Waals surface area contributed by atoms with Crippen molar-refractivity contribution >= 4 is 33.3 Å². The lowest BCUT2D eigenvalue weighted by Gasteiger charge is -2.18. The Morgan fingerprint density at radius 2 is 1.80 bits per heavy atom. The van der Waals surface area contributed by atoms with Crippen molar-refractivity contribution < 1.29 is 22.8 Å². The van der Waals surface area contributed by atoms with Crippen LogP contribution in [0.15, 0.2) is 40.5 Å². The van der Waals surface area contributed by atoms with Crippen LogP contribution in [-0.4, -0.2) is 17.9 Å². The first-order chi connectivity index (χ1) is 9.29. The predicted molar refractivity (Wildman–Crippen MR) is 70.0 cm³/mol. The number of amides is 1. The molecule has 0 saturated carbocycles. The molecule has 7 heteroatoms. The molecule has 0 aliphatic carbocycles. The molecule has 3 nitrogen and oxygen atoms in total. The summed E-state index contributed by atoms with van der Waals surface area (Å²) >= 11 is 3.23. The zero-order valence-electron chi connectivity index (χ0n) is 10.1. The number of nitrogens with zero attached hydrogens (tertiary/aromatic N) is 1. The number of rotatable bonds is 2. The van der Waals surface area contributed by atoms with Crippen LogP contribution >= 0.6 is 15.9 Å². The number of hydrogen-bond donors (Lipinski definition) is 0. The maximum Gasteiger partial charge on any atom is 0.454 e. The molecule has 1 aliphatic rings. The van der Waals surface area contributed by atoms with Gasteiger partial charge in [-0.2, -0.15) is 13.2 Å². The van der Waals surface area contributed by atoms with Gasteiger partial charge in [-0.25, -0.2) is 0 Å². The number of benzene rings is 1. The molecule has 0 unspecified atom stereocenters. The molecule has 1 fully saturated rings. The fourth-order valence-electron chi connectivity index (χ4n) is 1.89. The summed E-state index contributed by atoms with van der Waals surface area (Å²) in [6.07, 6.45) is -4.22. The molecule has 0 spiro atoms. The van der Waals surface area contributed by atoms with Gasteiger partial charge in [0.2, 0.25) is 5.91 Å². The summed E-state index contributed by atoms with van der Waals surface area (Å²) in [7, 11) is 0. The lowest BCUT2D eigenvalue weighted by Crippen LogP contribution is -2.26. The Bertz CT molecular complexity index is 578. The van der Waals surface area contributed by atoms with Crippen LogP contribution in [0.3, 0.4) is 0 Å². The van der Waals surface area contributed by atoms with E-state index in [1.165, 1.54) is 0 Å². The molecular weight excluding hydrogens is 339 g/mol. The molecule has 0 bridgehead atoms. The Kier molecular flexibility index (Phi) is 3.99. The minimum absolute atomic E-state index is 0.0691. The summed E-state index contributed by atoms with van der Waals surface area (Å²) in [5.74, 6) is -2.28. The van der Waals surface area contributed by atoms with Crippen LogP contribution in [0.25, 0.3) is 0 Å². The van der Waals surface area contributed by atoms with Crippen LogP contribution in [0.5, 0.6) is 0 Å². The first-order valence-corrected chi connectivity index (χ1v) is 6.48. The van der Waals surface area contributed by atoms with Crippen molar-refractivity contribution in [1.82, 2.24) is 0 Å². The SMILES string of the molecule is O=C1CC/C(=C\C(=O)C(F)(F)F)N1c1ccc(Br)cc1. The highest BCUT2D eigenvalue weighted by molar-refractivity contribution is 9.10. The van der Waals surface area contributed by atoms with Gasteiger partial charge in [-0.3, -0.25) is 14.5 Å². The lowest BCUT2D eigenvalue weighted by atomic mass is 10.2. The molecule has 1 saturated heterocycles. The van der Waals surface area contributed by atoms with Crippen LogP contribution in [0.4, 0.5) is 18.9 Å². The van der Waals surface area contributed by atoms with Crippen molar-refractivity contribution in [2.75, 3.05) is 4.90 Å². The summed E-state index contributed by atoms with van der Waals surface area (Å²) < 4.78 is 37.6. The second-order valence-electron chi connectivity index (χ2n) is 4.20. The zero-order valence-corrected chi connectivity index (χ0v) is 11.7. The number of ketones is 1. The van der Waals surface area contributed by atoms with Crippen LogP contribution in [0.2, 0.25) is 0 Å². The first-order valence-electron chi connectivity index (χ1n) is 5.69. The quantitative estimate of drug-likeness (QED) is 0.766. The summed E-state index contributed by atoms with van der Waals surface area (Å²) in [6, 6.07) is 6.53. The van der Waals surface area contributed by atoms with Gasteiger partial charge in [0, 0.05) is 28.4 Å². The highest BCUT2D eigenvalue weighted by Gasteiger charge is 2.38. The largest absolute Gasteiger partial charge is 0.454 e. The Labute approximate surface area is 121 Å². The highest BCUT2D eigenvalue weighted by atomic mass is 79.9. The van der Waals surface area contributed by atoms with Crippen molar-refractivity contribution in [3.8, 4) is 0 Å². The van der Waals surface area contributed by atoms with Crippen molar-refractivity contribution in [3.63, 3.8) is 0 Å². The second-order valence-corrected chi connectivity index (χ2v) is 5.12. The van der Waals surface area contributed by atoms with E-state index in [4.69, 9.17) is 0 Å². The van der Waals surface area contributed by atoms with E-state index in [1.54, 1.807) is 24.3 Å². The summed E-state index contributed by atoms with van der Waals surface area (Å²) in [4.78, 5) is 23.9. The summed E-state index contributed by atoms with van der Waals surface area (Å²) in [5.41, 5.74) is 0.511. The smallest absolute Gasteiger partial charge is 0.285 e. The Balaban J connectivity index is 2.34. The lowest BCUT2D eigenvalue weighted by molar-refractivity contribution is -0.165. The van der Waals surface area contributed by atoms with Crippen molar-refractivity contribution in [1.29, 1.82) is 0 Å². The maximum absolute atomic E-state index is 12.3. The van der Waals surface area contributed by atoms with Crippen molar-refractivity contribution in [2.24, 2.45) is 0 Å². The van der Waals surface area contributed by atoms with Crippen molar-refractivity contribution in [3.05, 3.63) is 40.5 Å². The van der Waals surface area contributed by atoms with Crippen molar-refractivity contribution in [2.45, 2.75) is 19.0 Å². The summed E-state index contributed by atoms with van der Waals surface area (Å²) in [5, 5.41) is 0. The van der Waals surface area contributed by atoms with Gasteiger partial charge < -0.3 is 0 Å².